The number of nitrogens with zero attached hydrogens (tertiary/aromatic N) is 2. The number of halogens is 1. The van der Waals surface area contributed by atoms with E-state index >= 15 is 0 Å². The summed E-state index contributed by atoms with van der Waals surface area (Å²) in [6, 6.07) is 15.6. The van der Waals surface area contributed by atoms with Crippen molar-refractivity contribution in [2.45, 2.75) is 26.3 Å². The minimum Gasteiger partial charge on any atom is -0.382 e. The second-order valence-corrected chi connectivity index (χ2v) is 6.68. The molecule has 142 valence electrons. The predicted molar refractivity (Wildman–Crippen MR) is 108 cm³/mol. The van der Waals surface area contributed by atoms with Crippen LogP contribution >= 0.6 is 11.6 Å². The molecular formula is C21H24ClN3O2. The second kappa shape index (κ2) is 9.53. The maximum atomic E-state index is 12.4. The van der Waals surface area contributed by atoms with Gasteiger partial charge in [-0.2, -0.15) is 0 Å². The van der Waals surface area contributed by atoms with E-state index in [0.717, 1.165) is 28.8 Å². The van der Waals surface area contributed by atoms with Crippen LogP contribution < -0.4 is 5.32 Å². The normalized spacial score (nSPS) is 11.0. The molecule has 1 heterocycles. The van der Waals surface area contributed by atoms with Crippen LogP contribution in [0.4, 0.5) is 0 Å². The first kappa shape index (κ1) is 19.4. The number of imidazole rings is 1. The lowest BCUT2D eigenvalue weighted by Gasteiger charge is -2.11. The number of hydrogen-bond donors (Lipinski definition) is 1. The molecule has 1 aromatic heterocycles. The fraction of sp³-hybridized carbons (Fsp3) is 0.333. The summed E-state index contributed by atoms with van der Waals surface area (Å²) in [4.78, 5) is 17.2. The van der Waals surface area contributed by atoms with E-state index in [0.29, 0.717) is 31.2 Å². The van der Waals surface area contributed by atoms with Gasteiger partial charge in [-0.3, -0.25) is 4.79 Å². The largest absolute Gasteiger partial charge is 0.382 e. The summed E-state index contributed by atoms with van der Waals surface area (Å²) in [6.07, 6.45) is 1.38. The highest BCUT2D eigenvalue weighted by atomic mass is 35.5. The molecule has 0 saturated heterocycles. The van der Waals surface area contributed by atoms with Crippen molar-refractivity contribution in [3.63, 3.8) is 0 Å². The fourth-order valence-corrected chi connectivity index (χ4v) is 3.20. The van der Waals surface area contributed by atoms with Crippen molar-refractivity contribution in [3.8, 4) is 0 Å². The predicted octanol–water partition coefficient (Wildman–Crippen LogP) is 3.82. The van der Waals surface area contributed by atoms with Crippen LogP contribution in [0, 0.1) is 0 Å². The number of ether oxygens (including phenoxy) is 1. The standard InChI is InChI=1S/C21H24ClN3O2/c1-2-27-13-7-12-23-21(26)15-25-19-11-6-5-10-18(19)24-20(25)14-16-8-3-4-9-17(16)22/h3-6,8-11H,2,7,12-15H2,1H3,(H,23,26). The Kier molecular flexibility index (Phi) is 6.85. The topological polar surface area (TPSA) is 56.1 Å². The molecule has 5 nitrogen and oxygen atoms in total. The number of carbonyl (C=O) groups is 1. The lowest BCUT2D eigenvalue weighted by molar-refractivity contribution is -0.121. The minimum atomic E-state index is -0.0324. The summed E-state index contributed by atoms with van der Waals surface area (Å²) < 4.78 is 7.27. The van der Waals surface area contributed by atoms with E-state index in [-0.39, 0.29) is 12.5 Å². The molecule has 0 fully saturated rings. The SMILES string of the molecule is CCOCCCNC(=O)Cn1c(Cc2ccccc2Cl)nc2ccccc21. The zero-order chi connectivity index (χ0) is 19.1. The van der Waals surface area contributed by atoms with Gasteiger partial charge < -0.3 is 14.6 Å². The third-order valence-corrected chi connectivity index (χ3v) is 4.70. The van der Waals surface area contributed by atoms with E-state index < -0.39 is 0 Å². The number of benzene rings is 2. The van der Waals surface area contributed by atoms with Gasteiger partial charge in [0.25, 0.3) is 0 Å². The average molecular weight is 386 g/mol. The van der Waals surface area contributed by atoms with E-state index in [1.54, 1.807) is 0 Å². The van der Waals surface area contributed by atoms with Crippen LogP contribution in [-0.2, 0) is 22.5 Å². The second-order valence-electron chi connectivity index (χ2n) is 6.27. The first-order valence-corrected chi connectivity index (χ1v) is 9.59. The molecule has 27 heavy (non-hydrogen) atoms. The molecule has 0 aliphatic rings. The molecule has 3 aromatic rings. The monoisotopic (exact) mass is 385 g/mol. The van der Waals surface area contributed by atoms with Gasteiger partial charge >= 0.3 is 0 Å². The van der Waals surface area contributed by atoms with Crippen LogP contribution in [0.1, 0.15) is 24.7 Å². The molecular weight excluding hydrogens is 362 g/mol. The van der Waals surface area contributed by atoms with Crippen molar-refractivity contribution >= 4 is 28.5 Å². The summed E-state index contributed by atoms with van der Waals surface area (Å²) in [6.45, 7) is 4.15. The number of para-hydroxylation sites is 2. The van der Waals surface area contributed by atoms with Gasteiger partial charge in [0.1, 0.15) is 12.4 Å². The first-order valence-electron chi connectivity index (χ1n) is 9.21. The maximum Gasteiger partial charge on any atom is 0.240 e. The zero-order valence-electron chi connectivity index (χ0n) is 15.5. The van der Waals surface area contributed by atoms with Crippen LogP contribution in [0.15, 0.2) is 48.5 Å². The van der Waals surface area contributed by atoms with Crippen molar-refractivity contribution in [3.05, 3.63) is 64.9 Å². The molecule has 0 atom stereocenters. The minimum absolute atomic E-state index is 0.0324. The van der Waals surface area contributed by atoms with Gasteiger partial charge in [0, 0.05) is 31.2 Å². The summed E-state index contributed by atoms with van der Waals surface area (Å²) in [5.74, 6) is 0.795. The van der Waals surface area contributed by atoms with Crippen molar-refractivity contribution in [2.75, 3.05) is 19.8 Å². The quantitative estimate of drug-likeness (QED) is 0.569. The van der Waals surface area contributed by atoms with Gasteiger partial charge in [-0.15, -0.1) is 0 Å². The Morgan fingerprint density at radius 3 is 2.78 bits per heavy atom. The third kappa shape index (κ3) is 5.08. The molecule has 0 spiro atoms. The number of carbonyl (C=O) groups excluding carboxylic acids is 1. The summed E-state index contributed by atoms with van der Waals surface area (Å²) in [7, 11) is 0. The highest BCUT2D eigenvalue weighted by molar-refractivity contribution is 6.31. The Morgan fingerprint density at radius 2 is 1.96 bits per heavy atom. The smallest absolute Gasteiger partial charge is 0.240 e. The van der Waals surface area contributed by atoms with Crippen molar-refractivity contribution in [1.29, 1.82) is 0 Å². The number of nitrogens with one attached hydrogen (secondary N) is 1. The van der Waals surface area contributed by atoms with Crippen LogP contribution in [0.3, 0.4) is 0 Å². The Morgan fingerprint density at radius 1 is 1.19 bits per heavy atom. The first-order chi connectivity index (χ1) is 13.2. The molecule has 0 radical (unpaired) electrons. The van der Waals surface area contributed by atoms with Crippen molar-refractivity contribution in [2.24, 2.45) is 0 Å². The number of rotatable bonds is 9. The Labute approximate surface area is 164 Å². The van der Waals surface area contributed by atoms with E-state index in [2.05, 4.69) is 5.32 Å². The van der Waals surface area contributed by atoms with Crippen molar-refractivity contribution < 1.29 is 9.53 Å². The zero-order valence-corrected chi connectivity index (χ0v) is 16.2. The Bertz CT molecular complexity index is 907. The highest BCUT2D eigenvalue weighted by Crippen LogP contribution is 2.22. The molecule has 0 bridgehead atoms. The molecule has 6 heteroatoms. The molecule has 1 amide bonds. The van der Waals surface area contributed by atoms with Crippen molar-refractivity contribution in [1.82, 2.24) is 14.9 Å². The van der Waals surface area contributed by atoms with E-state index in [4.69, 9.17) is 21.3 Å². The molecule has 0 aliphatic heterocycles. The van der Waals surface area contributed by atoms with Gasteiger partial charge in [-0.25, -0.2) is 4.98 Å². The third-order valence-electron chi connectivity index (χ3n) is 4.33. The number of aromatic nitrogens is 2. The van der Waals surface area contributed by atoms with Gasteiger partial charge in [-0.1, -0.05) is 41.9 Å². The van der Waals surface area contributed by atoms with E-state index in [9.17, 15) is 4.79 Å². The maximum absolute atomic E-state index is 12.4. The molecule has 1 N–H and O–H groups in total. The van der Waals surface area contributed by atoms with Crippen LogP contribution in [0.2, 0.25) is 5.02 Å². The molecule has 0 saturated carbocycles. The molecule has 0 aliphatic carbocycles. The average Bonchev–Trinajstić information content (AvgIpc) is 3.01. The Hall–Kier alpha value is -2.37. The fourth-order valence-electron chi connectivity index (χ4n) is 2.99. The molecule has 2 aromatic carbocycles. The summed E-state index contributed by atoms with van der Waals surface area (Å²) in [5.41, 5.74) is 2.82. The van der Waals surface area contributed by atoms with Crippen LogP contribution in [-0.4, -0.2) is 35.2 Å². The van der Waals surface area contributed by atoms with E-state index in [1.807, 2.05) is 60.0 Å². The molecule has 3 rings (SSSR count). The lowest BCUT2D eigenvalue weighted by atomic mass is 10.1. The summed E-state index contributed by atoms with van der Waals surface area (Å²) >= 11 is 6.31. The number of amides is 1. The number of hydrogen-bond acceptors (Lipinski definition) is 3. The van der Waals surface area contributed by atoms with Crippen LogP contribution in [0.5, 0.6) is 0 Å². The van der Waals surface area contributed by atoms with Gasteiger partial charge in [-0.05, 0) is 37.1 Å². The number of fused-ring (bicyclic) bond motifs is 1. The Balaban J connectivity index is 1.76. The van der Waals surface area contributed by atoms with Crippen LogP contribution in [0.25, 0.3) is 11.0 Å². The van der Waals surface area contributed by atoms with Gasteiger partial charge in [0.15, 0.2) is 0 Å². The van der Waals surface area contributed by atoms with E-state index in [1.165, 1.54) is 0 Å². The van der Waals surface area contributed by atoms with Gasteiger partial charge in [0.2, 0.25) is 5.91 Å². The molecule has 0 unspecified atom stereocenters. The summed E-state index contributed by atoms with van der Waals surface area (Å²) in [5, 5.41) is 3.66. The van der Waals surface area contributed by atoms with Gasteiger partial charge in [0.05, 0.1) is 11.0 Å². The highest BCUT2D eigenvalue weighted by Gasteiger charge is 2.14. The lowest BCUT2D eigenvalue weighted by Crippen LogP contribution is -2.29.